The van der Waals surface area contributed by atoms with Gasteiger partial charge in [0, 0.05) is 17.6 Å². The molecule has 4 nitrogen and oxygen atoms in total. The van der Waals surface area contributed by atoms with E-state index in [1.165, 1.54) is 4.31 Å². The number of fused-ring (bicyclic) bond motifs is 1. The van der Waals surface area contributed by atoms with Crippen LogP contribution in [0.3, 0.4) is 0 Å². The number of aliphatic hydroxyl groups excluding tert-OH is 1. The summed E-state index contributed by atoms with van der Waals surface area (Å²) in [6.45, 7) is 2.23. The Labute approximate surface area is 138 Å². The first-order valence-electron chi connectivity index (χ1n) is 6.92. The molecule has 0 aromatic heterocycles. The second kappa shape index (κ2) is 5.77. The molecule has 0 saturated carbocycles. The van der Waals surface area contributed by atoms with E-state index in [4.69, 9.17) is 0 Å². The predicted molar refractivity (Wildman–Crippen MR) is 87.9 cm³/mol. The maximum Gasteiger partial charge on any atom is 0.243 e. The highest BCUT2D eigenvalue weighted by Gasteiger charge is 2.33. The number of rotatable bonds is 2. The lowest BCUT2D eigenvalue weighted by Crippen LogP contribution is -2.38. The summed E-state index contributed by atoms with van der Waals surface area (Å²) in [6.07, 6.45) is -0.818. The Bertz CT molecular complexity index is 803. The zero-order valence-electron chi connectivity index (χ0n) is 12.0. The van der Waals surface area contributed by atoms with E-state index >= 15 is 0 Å². The minimum atomic E-state index is -3.62. The third kappa shape index (κ3) is 2.72. The van der Waals surface area contributed by atoms with Crippen molar-refractivity contribution < 1.29 is 13.5 Å². The molecule has 1 atom stereocenters. The van der Waals surface area contributed by atoms with E-state index < -0.39 is 16.1 Å². The van der Waals surface area contributed by atoms with Gasteiger partial charge >= 0.3 is 0 Å². The molecule has 6 heteroatoms. The van der Waals surface area contributed by atoms with E-state index in [1.54, 1.807) is 24.3 Å². The van der Waals surface area contributed by atoms with E-state index in [0.29, 0.717) is 0 Å². The van der Waals surface area contributed by atoms with Crippen LogP contribution in [0.4, 0.5) is 0 Å². The summed E-state index contributed by atoms with van der Waals surface area (Å²) in [5, 5.41) is 10.3. The fourth-order valence-electron chi connectivity index (χ4n) is 2.63. The average Bonchev–Trinajstić information content (AvgIpc) is 2.48. The van der Waals surface area contributed by atoms with Crippen LogP contribution in [0.5, 0.6) is 0 Å². The normalized spacial score (nSPS) is 19.0. The Morgan fingerprint density at radius 1 is 1.18 bits per heavy atom. The largest absolute Gasteiger partial charge is 0.387 e. The maximum absolute atomic E-state index is 12.8. The second-order valence-corrected chi connectivity index (χ2v) is 8.23. The van der Waals surface area contributed by atoms with Gasteiger partial charge in [0.05, 0.1) is 11.0 Å². The molecule has 0 radical (unpaired) electrons. The number of β-amino-alcohol motifs (C(OH)–C–C–N with tert-alkyl or cyclic N) is 1. The number of benzene rings is 2. The van der Waals surface area contributed by atoms with Crippen molar-refractivity contribution in [3.05, 3.63) is 63.6 Å². The number of aryl methyl sites for hydroxylation is 1. The van der Waals surface area contributed by atoms with E-state index in [1.807, 2.05) is 25.1 Å². The molecule has 0 bridgehead atoms. The summed E-state index contributed by atoms with van der Waals surface area (Å²) in [7, 11) is -3.62. The number of hydrogen-bond donors (Lipinski definition) is 1. The topological polar surface area (TPSA) is 57.6 Å². The standard InChI is InChI=1S/C16H16BrNO3S/c1-11-5-7-12(8-6-11)22(20,21)18-9-14-13(16(19)10-18)3-2-4-15(14)17/h2-8,16,19H,9-10H2,1H3. The van der Waals surface area contributed by atoms with Crippen LogP contribution < -0.4 is 0 Å². The van der Waals surface area contributed by atoms with Gasteiger partial charge in [0.1, 0.15) is 0 Å². The van der Waals surface area contributed by atoms with Gasteiger partial charge in [-0.2, -0.15) is 4.31 Å². The van der Waals surface area contributed by atoms with Crippen LogP contribution in [0, 0.1) is 6.92 Å². The van der Waals surface area contributed by atoms with Crippen molar-refractivity contribution in [2.45, 2.75) is 24.5 Å². The number of nitrogens with zero attached hydrogens (tertiary/aromatic N) is 1. The van der Waals surface area contributed by atoms with Crippen molar-refractivity contribution in [2.75, 3.05) is 6.54 Å². The molecule has 0 spiro atoms. The van der Waals surface area contributed by atoms with E-state index in [9.17, 15) is 13.5 Å². The van der Waals surface area contributed by atoms with Crippen LogP contribution in [0.25, 0.3) is 0 Å². The average molecular weight is 382 g/mol. The van der Waals surface area contributed by atoms with Gasteiger partial charge in [0.15, 0.2) is 0 Å². The molecule has 3 rings (SSSR count). The molecule has 0 fully saturated rings. The molecular weight excluding hydrogens is 366 g/mol. The van der Waals surface area contributed by atoms with E-state index in [2.05, 4.69) is 15.9 Å². The van der Waals surface area contributed by atoms with Crippen LogP contribution in [-0.4, -0.2) is 24.4 Å². The van der Waals surface area contributed by atoms with Crippen molar-refractivity contribution in [3.8, 4) is 0 Å². The first kappa shape index (κ1) is 15.7. The molecule has 1 heterocycles. The molecule has 2 aromatic carbocycles. The highest BCUT2D eigenvalue weighted by Crippen LogP contribution is 2.34. The van der Waals surface area contributed by atoms with Crippen molar-refractivity contribution >= 4 is 26.0 Å². The Balaban J connectivity index is 2.00. The molecule has 0 amide bonds. The lowest BCUT2D eigenvalue weighted by molar-refractivity contribution is 0.131. The van der Waals surface area contributed by atoms with Gasteiger partial charge in [-0.15, -0.1) is 0 Å². The third-order valence-corrected chi connectivity index (χ3v) is 6.45. The Kier molecular flexibility index (Phi) is 4.11. The van der Waals surface area contributed by atoms with Gasteiger partial charge < -0.3 is 5.11 Å². The molecule has 1 aliphatic rings. The molecule has 1 N–H and O–H groups in total. The maximum atomic E-state index is 12.8. The molecular formula is C16H16BrNO3S. The molecule has 1 unspecified atom stereocenters. The SMILES string of the molecule is Cc1ccc(S(=O)(=O)N2Cc3c(Br)cccc3C(O)C2)cc1. The minimum absolute atomic E-state index is 0.0691. The molecule has 1 aliphatic heterocycles. The highest BCUT2D eigenvalue weighted by molar-refractivity contribution is 9.10. The molecule has 22 heavy (non-hydrogen) atoms. The van der Waals surface area contributed by atoms with Crippen LogP contribution in [0.2, 0.25) is 0 Å². The zero-order chi connectivity index (χ0) is 15.9. The molecule has 2 aromatic rings. The Hall–Kier alpha value is -1.21. The lowest BCUT2D eigenvalue weighted by Gasteiger charge is -2.32. The second-order valence-electron chi connectivity index (χ2n) is 5.43. The van der Waals surface area contributed by atoms with Crippen LogP contribution in [0.1, 0.15) is 22.8 Å². The number of hydrogen-bond acceptors (Lipinski definition) is 3. The van der Waals surface area contributed by atoms with Crippen molar-refractivity contribution in [3.63, 3.8) is 0 Å². The summed E-state index contributed by atoms with van der Waals surface area (Å²) < 4.78 is 27.7. The van der Waals surface area contributed by atoms with Gasteiger partial charge in [-0.05, 0) is 36.2 Å². The van der Waals surface area contributed by atoms with Gasteiger partial charge in [-0.3, -0.25) is 0 Å². The van der Waals surface area contributed by atoms with Crippen LogP contribution >= 0.6 is 15.9 Å². The number of aliphatic hydroxyl groups is 1. The van der Waals surface area contributed by atoms with Crippen LogP contribution in [-0.2, 0) is 16.6 Å². The van der Waals surface area contributed by atoms with E-state index in [0.717, 1.165) is 21.2 Å². The third-order valence-electron chi connectivity index (χ3n) is 3.88. The lowest BCUT2D eigenvalue weighted by atomic mass is 9.99. The van der Waals surface area contributed by atoms with Crippen molar-refractivity contribution in [2.24, 2.45) is 0 Å². The molecule has 116 valence electrons. The quantitative estimate of drug-likeness (QED) is 0.869. The predicted octanol–water partition coefficient (Wildman–Crippen LogP) is 3.00. The van der Waals surface area contributed by atoms with Crippen molar-refractivity contribution in [1.82, 2.24) is 4.31 Å². The number of sulfonamides is 1. The summed E-state index contributed by atoms with van der Waals surface area (Å²) in [4.78, 5) is 0.251. The first-order valence-corrected chi connectivity index (χ1v) is 9.15. The van der Waals surface area contributed by atoms with Crippen molar-refractivity contribution in [1.29, 1.82) is 0 Å². The number of halogens is 1. The summed E-state index contributed by atoms with van der Waals surface area (Å²) in [6, 6.07) is 12.3. The zero-order valence-corrected chi connectivity index (χ0v) is 14.4. The monoisotopic (exact) mass is 381 g/mol. The molecule has 0 aliphatic carbocycles. The summed E-state index contributed by atoms with van der Waals surface area (Å²) in [5.74, 6) is 0. The summed E-state index contributed by atoms with van der Waals surface area (Å²) in [5.41, 5.74) is 2.60. The van der Waals surface area contributed by atoms with Crippen LogP contribution in [0.15, 0.2) is 51.8 Å². The Morgan fingerprint density at radius 3 is 2.55 bits per heavy atom. The fourth-order valence-corrected chi connectivity index (χ4v) is 4.55. The summed E-state index contributed by atoms with van der Waals surface area (Å²) >= 11 is 3.44. The van der Waals surface area contributed by atoms with Gasteiger partial charge in [-0.25, -0.2) is 8.42 Å². The minimum Gasteiger partial charge on any atom is -0.387 e. The fraction of sp³-hybridized carbons (Fsp3) is 0.250. The van der Waals surface area contributed by atoms with E-state index in [-0.39, 0.29) is 18.0 Å². The van der Waals surface area contributed by atoms with Gasteiger partial charge in [0.25, 0.3) is 0 Å². The van der Waals surface area contributed by atoms with Gasteiger partial charge in [-0.1, -0.05) is 45.8 Å². The first-order chi connectivity index (χ1) is 10.4. The highest BCUT2D eigenvalue weighted by atomic mass is 79.9. The molecule has 0 saturated heterocycles. The van der Waals surface area contributed by atoms with Gasteiger partial charge in [0.2, 0.25) is 10.0 Å². The smallest absolute Gasteiger partial charge is 0.243 e. The Morgan fingerprint density at radius 2 is 1.86 bits per heavy atom.